The van der Waals surface area contributed by atoms with Crippen LogP contribution in [0.4, 0.5) is 17.1 Å². The molecule has 0 aromatic heterocycles. The number of anilines is 2. The predicted molar refractivity (Wildman–Crippen MR) is 597 cm³/mol. The Bertz CT molecular complexity index is 7010. The standard InChI is InChI=1S/C32H26N2O4.C30H32O2.C25H32O.C22H28O2.C21H25ClN2O/c1-5-19-11-7-9-17(3)27(19)33-29(35)21-13-15-23-26-24(16-14-22(25(21)26)30(33)36)32(38)34(31(23)37)28-18(4)10-8-12-20(28)6-2;1-7-29(3,4)25-17-23(19-13-9-11-15-21(19)27(25)31)24-18-26(30(5,6)8-2)28(32)22-16-12-10-14-20(22)24;1-16-12-19(13-17(2)18(16)3)10-11-20-14-21(24(4,5)6)23(26)22(15-20)25(7,8)9;1-13-9-15(10-14(2)19(13)23)16-11-17(21(3,4)5)20(24)18(12-16)22(6,7)8;1-20(2,3)17-11-14(12-18(19(17)25)21(4,5)6)13-23-24-16-9-7-15(22)8-10-16/h7-16H,5-6H2,1-4H3;9-18H,7-8H2,1-6H3;10-15H,3H2,1-2,4-9H3;9-12H,1-8H3;7-13H,1-6H3/b;24-23+;;;. The van der Waals surface area contributed by atoms with E-state index in [1.807, 2.05) is 187 Å². The summed E-state index contributed by atoms with van der Waals surface area (Å²) >= 11 is 5.87. The zero-order valence-corrected chi connectivity index (χ0v) is 91.9. The quantitative estimate of drug-likeness (QED) is 0.0885. The van der Waals surface area contributed by atoms with Gasteiger partial charge >= 0.3 is 0 Å². The Hall–Kier alpha value is -13.7. The number of allylic oxidation sites excluding steroid dienone is 27. The first kappa shape index (κ1) is 110. The van der Waals surface area contributed by atoms with Crippen LogP contribution in [0.5, 0.6) is 0 Å². The molecular weight excluding hydrogens is 1810 g/mol. The number of amides is 4. The summed E-state index contributed by atoms with van der Waals surface area (Å²) < 4.78 is 0. The molecule has 0 radical (unpaired) electrons. The lowest BCUT2D eigenvalue weighted by molar-refractivity contribution is -0.114. The molecule has 0 atom stereocenters. The van der Waals surface area contributed by atoms with Gasteiger partial charge in [-0.2, -0.15) is 10.2 Å². The Labute approximate surface area is 864 Å². The van der Waals surface area contributed by atoms with Crippen LogP contribution in [0.2, 0.25) is 5.02 Å². The van der Waals surface area contributed by atoms with Gasteiger partial charge in [-0.25, -0.2) is 9.80 Å². The first-order chi connectivity index (χ1) is 67.5. The van der Waals surface area contributed by atoms with E-state index in [-0.39, 0.29) is 78.0 Å². The lowest BCUT2D eigenvalue weighted by atomic mass is 9.69. The van der Waals surface area contributed by atoms with E-state index >= 15 is 0 Å². The highest BCUT2D eigenvalue weighted by molar-refractivity contribution is 6.43. The van der Waals surface area contributed by atoms with Crippen molar-refractivity contribution in [2.75, 3.05) is 9.80 Å². The van der Waals surface area contributed by atoms with Crippen molar-refractivity contribution in [2.45, 2.75) is 247 Å². The van der Waals surface area contributed by atoms with E-state index in [1.54, 1.807) is 42.6 Å². The molecule has 6 aliphatic carbocycles. The number of nitrogens with zero attached hydrogens (tertiary/aromatic N) is 4. The maximum Gasteiger partial charge on any atom is 0.266 e. The van der Waals surface area contributed by atoms with Crippen LogP contribution in [-0.4, -0.2) is 58.3 Å². The van der Waals surface area contributed by atoms with Crippen molar-refractivity contribution in [3.05, 3.63) is 390 Å². The molecule has 0 saturated heterocycles. The van der Waals surface area contributed by atoms with Crippen molar-refractivity contribution in [1.29, 1.82) is 0 Å². The van der Waals surface area contributed by atoms with Crippen LogP contribution in [0.25, 0.3) is 34.6 Å². The SMILES string of the molecule is C=c1c(C)cc(=CC=C2C=C(C(C)(C)C)C(=O)C(C(C)(C)C)=C2)cc1C.CC(C)(C)C1=CC(=CN=Nc2ccc(Cl)cc2)C=C(C(C)(C)C)C1=O.CC1=CC(=C2C=C(C(C)(C)C)C(=O)C(C(C)(C)C)=C2)C=C(C)C1=O.CCC(C)(C)C1=C/C(=C2/C=C(C(C)(C)CC)C(=O)c3ccccc32)c2ccccc2C1=O.CCc1cccc(C)c1N1C(=O)c2ccc3c4c(ccc(c24)C1=O)C(=O)N(c1c(C)cccc1CC)C3=O. The summed E-state index contributed by atoms with van der Waals surface area (Å²) in [7, 11) is 0. The summed E-state index contributed by atoms with van der Waals surface area (Å²) in [4.78, 5) is 136. The third-order valence-electron chi connectivity index (χ3n) is 28.6. The van der Waals surface area contributed by atoms with Gasteiger partial charge in [0.2, 0.25) is 0 Å². The molecule has 0 unspecified atom stereocenters. The molecule has 8 aromatic carbocycles. The average molecular weight is 1960 g/mol. The van der Waals surface area contributed by atoms with E-state index in [2.05, 4.69) is 233 Å². The van der Waals surface area contributed by atoms with Crippen LogP contribution >= 0.6 is 11.6 Å². The number of aryl methyl sites for hydroxylation is 6. The summed E-state index contributed by atoms with van der Waals surface area (Å²) in [5, 5.41) is 12.0. The number of para-hydroxylation sites is 2. The Morgan fingerprint density at radius 2 is 0.634 bits per heavy atom. The van der Waals surface area contributed by atoms with Crippen molar-refractivity contribution in [2.24, 2.45) is 53.5 Å². The molecule has 750 valence electrons. The van der Waals surface area contributed by atoms with E-state index in [4.69, 9.17) is 11.6 Å². The van der Waals surface area contributed by atoms with E-state index in [9.17, 15) is 47.9 Å². The highest BCUT2D eigenvalue weighted by Crippen LogP contribution is 2.51. The summed E-state index contributed by atoms with van der Waals surface area (Å²) in [6, 6.07) is 45.1. The lowest BCUT2D eigenvalue weighted by Gasteiger charge is -2.33. The van der Waals surface area contributed by atoms with Crippen LogP contribution in [0, 0.1) is 71.0 Å². The predicted octanol–water partition coefficient (Wildman–Crippen LogP) is 31.0. The van der Waals surface area contributed by atoms with Crippen LogP contribution in [0.15, 0.2) is 307 Å². The van der Waals surface area contributed by atoms with E-state index in [0.29, 0.717) is 62.3 Å². The second kappa shape index (κ2) is 42.2. The van der Waals surface area contributed by atoms with Crippen molar-refractivity contribution >= 4 is 122 Å². The fourth-order valence-corrected chi connectivity index (χ4v) is 19.3. The number of benzene rings is 8. The molecule has 16 rings (SSSR count). The van der Waals surface area contributed by atoms with Gasteiger partial charge in [-0.3, -0.25) is 47.9 Å². The van der Waals surface area contributed by atoms with E-state index in [1.165, 1.54) is 20.9 Å². The molecule has 4 amide bonds. The fourth-order valence-electron chi connectivity index (χ4n) is 19.2. The number of hydrogen-bond acceptors (Lipinski definition) is 12. The molecular formula is C130H143ClN4O10. The Balaban J connectivity index is 0.000000163. The number of carbonyl (C=O) groups is 10. The zero-order valence-electron chi connectivity index (χ0n) is 91.1. The number of halogens is 1. The van der Waals surface area contributed by atoms with Crippen LogP contribution < -0.4 is 20.2 Å². The van der Waals surface area contributed by atoms with Crippen molar-refractivity contribution in [3.63, 3.8) is 0 Å². The Morgan fingerprint density at radius 1 is 0.317 bits per heavy atom. The third-order valence-corrected chi connectivity index (χ3v) is 28.9. The normalized spacial score (nSPS) is 16.8. The summed E-state index contributed by atoms with van der Waals surface area (Å²) in [5.74, 6) is -1.09. The molecule has 2 heterocycles. The van der Waals surface area contributed by atoms with Crippen LogP contribution in [-0.2, 0) is 32.0 Å². The molecule has 2 aliphatic heterocycles. The van der Waals surface area contributed by atoms with Gasteiger partial charge in [-0.15, -0.1) is 0 Å². The minimum Gasteiger partial charge on any atom is -0.289 e. The number of hydrogen-bond donors (Lipinski definition) is 0. The minimum absolute atomic E-state index is 0.0892. The monoisotopic (exact) mass is 1960 g/mol. The third kappa shape index (κ3) is 23.0. The number of imide groups is 2. The first-order valence-electron chi connectivity index (χ1n) is 50.5. The second-order valence-electron chi connectivity index (χ2n) is 46.5. The molecule has 8 aliphatic rings. The van der Waals surface area contributed by atoms with Crippen LogP contribution in [0.1, 0.15) is 313 Å². The molecule has 0 fully saturated rings. The molecule has 0 N–H and O–H groups in total. The molecule has 14 nitrogen and oxygen atoms in total. The van der Waals surface area contributed by atoms with Gasteiger partial charge in [0.25, 0.3) is 23.6 Å². The number of fused-ring (bicyclic) bond motifs is 2. The van der Waals surface area contributed by atoms with Crippen molar-refractivity contribution < 1.29 is 47.9 Å². The largest absolute Gasteiger partial charge is 0.289 e. The molecule has 0 spiro atoms. The molecule has 145 heavy (non-hydrogen) atoms. The van der Waals surface area contributed by atoms with Gasteiger partial charge in [-0.05, 0) is 319 Å². The van der Waals surface area contributed by atoms with E-state index < -0.39 is 23.6 Å². The summed E-state index contributed by atoms with van der Waals surface area (Å²) in [5.41, 5.74) is 24.8. The van der Waals surface area contributed by atoms with Gasteiger partial charge in [0.05, 0.1) is 23.3 Å². The van der Waals surface area contributed by atoms with Gasteiger partial charge in [0.15, 0.2) is 34.7 Å². The Morgan fingerprint density at radius 3 is 0.959 bits per heavy atom. The first-order valence-corrected chi connectivity index (χ1v) is 50.9. The second-order valence-corrected chi connectivity index (χ2v) is 47.0. The molecule has 15 heteroatoms. The van der Waals surface area contributed by atoms with Gasteiger partial charge < -0.3 is 0 Å². The Kier molecular flexibility index (Phi) is 32.0. The van der Waals surface area contributed by atoms with Gasteiger partial charge in [-0.1, -0.05) is 307 Å². The average Bonchev–Trinajstić information content (AvgIpc) is 0.700. The number of azo groups is 1. The number of carbonyl (C=O) groups excluding carboxylic acids is 10. The van der Waals surface area contributed by atoms with Crippen LogP contribution in [0.3, 0.4) is 0 Å². The van der Waals surface area contributed by atoms with Gasteiger partial charge in [0, 0.05) is 93.8 Å². The molecule has 8 aromatic rings. The van der Waals surface area contributed by atoms with E-state index in [0.717, 1.165) is 163 Å². The maximum atomic E-state index is 13.9. The number of Topliss-reactive ketones (excluding diaryl/α,β-unsaturated/α-hetero) is 6. The number of ketones is 6. The fraction of sp³-hybridized carbons (Fsp3) is 0.338. The highest BCUT2D eigenvalue weighted by atomic mass is 35.5. The molecule has 0 saturated carbocycles. The summed E-state index contributed by atoms with van der Waals surface area (Å²) in [6.45, 7) is 69.8. The van der Waals surface area contributed by atoms with Gasteiger partial charge in [0.1, 0.15) is 0 Å². The van der Waals surface area contributed by atoms with Crippen molar-refractivity contribution in [1.82, 2.24) is 0 Å². The lowest BCUT2D eigenvalue weighted by Crippen LogP contribution is -2.44. The zero-order chi connectivity index (χ0) is 107. The number of rotatable bonds is 11. The highest BCUT2D eigenvalue weighted by Gasteiger charge is 2.45. The summed E-state index contributed by atoms with van der Waals surface area (Å²) in [6.07, 6.45) is 28.9. The maximum absolute atomic E-state index is 13.9. The smallest absolute Gasteiger partial charge is 0.266 e. The molecule has 0 bridgehead atoms. The van der Waals surface area contributed by atoms with Crippen molar-refractivity contribution in [3.8, 4) is 0 Å². The topological polar surface area (TPSA) is 202 Å². The minimum atomic E-state index is -0.454.